The predicted molar refractivity (Wildman–Crippen MR) is 70.6 cm³/mol. The molecule has 0 unspecified atom stereocenters. The molecule has 0 aromatic carbocycles. The van der Waals surface area contributed by atoms with Crippen molar-refractivity contribution in [1.82, 2.24) is 15.3 Å². The lowest BCUT2D eigenvalue weighted by atomic mass is 10.1. The van der Waals surface area contributed by atoms with E-state index < -0.39 is 0 Å². The second-order valence-electron chi connectivity index (χ2n) is 3.60. The Morgan fingerprint density at radius 3 is 2.88 bits per heavy atom. The lowest BCUT2D eigenvalue weighted by Gasteiger charge is -2.24. The Balaban J connectivity index is 0.00000128. The van der Waals surface area contributed by atoms with Gasteiger partial charge in [0.2, 0.25) is 0 Å². The monoisotopic (exact) mass is 260 g/mol. The van der Waals surface area contributed by atoms with Crippen molar-refractivity contribution in [2.24, 2.45) is 0 Å². The summed E-state index contributed by atoms with van der Waals surface area (Å²) in [6.45, 7) is 2.19. The number of nitrogens with zero attached hydrogens (tertiary/aromatic N) is 2. The second-order valence-corrected chi connectivity index (χ2v) is 4.37. The van der Waals surface area contributed by atoms with Crippen molar-refractivity contribution in [1.29, 1.82) is 0 Å². The van der Waals surface area contributed by atoms with E-state index in [1.807, 2.05) is 18.5 Å². The van der Waals surface area contributed by atoms with Crippen LogP contribution in [0.25, 0.3) is 0 Å². The van der Waals surface area contributed by atoms with Gasteiger partial charge in [-0.3, -0.25) is 0 Å². The highest BCUT2D eigenvalue weighted by Crippen LogP contribution is 2.14. The van der Waals surface area contributed by atoms with Gasteiger partial charge in [0.25, 0.3) is 0 Å². The minimum Gasteiger partial charge on any atom is -0.367 e. The lowest BCUT2D eigenvalue weighted by Crippen LogP contribution is -2.35. The van der Waals surface area contributed by atoms with Crippen molar-refractivity contribution >= 4 is 30.0 Å². The zero-order valence-electron chi connectivity index (χ0n) is 9.27. The fourth-order valence-corrected chi connectivity index (χ4v) is 2.05. The molecule has 16 heavy (non-hydrogen) atoms. The average Bonchev–Trinajstić information content (AvgIpc) is 2.31. The van der Waals surface area contributed by atoms with E-state index in [9.17, 15) is 0 Å². The topological polar surface area (TPSA) is 49.8 Å². The molecule has 1 saturated heterocycles. The fraction of sp³-hybridized carbons (Fsp3) is 0.600. The molecule has 1 fully saturated rings. The van der Waals surface area contributed by atoms with Crippen LogP contribution in [0.5, 0.6) is 0 Å². The molecule has 0 aliphatic carbocycles. The summed E-state index contributed by atoms with van der Waals surface area (Å²) >= 11 is 1.57. The SMILES string of the molecule is CSc1nccc(NC2CCNCC2)n1.Cl. The minimum atomic E-state index is 0. The predicted octanol–water partition coefficient (Wildman–Crippen LogP) is 1.78. The number of nitrogens with one attached hydrogen (secondary N) is 2. The molecule has 2 N–H and O–H groups in total. The Morgan fingerprint density at radius 2 is 2.19 bits per heavy atom. The van der Waals surface area contributed by atoms with Crippen molar-refractivity contribution in [3.05, 3.63) is 12.3 Å². The molecule has 0 bridgehead atoms. The molecular weight excluding hydrogens is 244 g/mol. The summed E-state index contributed by atoms with van der Waals surface area (Å²) in [5, 5.41) is 7.63. The first kappa shape index (κ1) is 13.5. The third-order valence-electron chi connectivity index (χ3n) is 2.51. The van der Waals surface area contributed by atoms with E-state index in [-0.39, 0.29) is 12.4 Å². The molecule has 2 rings (SSSR count). The minimum absolute atomic E-state index is 0. The van der Waals surface area contributed by atoms with Gasteiger partial charge in [-0.05, 0) is 38.3 Å². The van der Waals surface area contributed by atoms with Gasteiger partial charge in [0.05, 0.1) is 0 Å². The van der Waals surface area contributed by atoms with Gasteiger partial charge >= 0.3 is 0 Å². The van der Waals surface area contributed by atoms with Crippen LogP contribution >= 0.6 is 24.2 Å². The highest BCUT2D eigenvalue weighted by Gasteiger charge is 2.12. The summed E-state index contributed by atoms with van der Waals surface area (Å²) in [4.78, 5) is 8.56. The maximum absolute atomic E-state index is 4.41. The number of aromatic nitrogens is 2. The Kier molecular flexibility index (Phi) is 5.87. The van der Waals surface area contributed by atoms with Crippen LogP contribution in [0.3, 0.4) is 0 Å². The van der Waals surface area contributed by atoms with Crippen LogP contribution in [-0.4, -0.2) is 35.4 Å². The molecule has 6 heteroatoms. The van der Waals surface area contributed by atoms with E-state index in [1.165, 1.54) is 12.8 Å². The largest absolute Gasteiger partial charge is 0.367 e. The van der Waals surface area contributed by atoms with Crippen molar-refractivity contribution in [3.8, 4) is 0 Å². The smallest absolute Gasteiger partial charge is 0.189 e. The molecular formula is C10H17ClN4S. The molecule has 2 heterocycles. The van der Waals surface area contributed by atoms with Gasteiger partial charge < -0.3 is 10.6 Å². The molecule has 1 aliphatic heterocycles. The van der Waals surface area contributed by atoms with Gasteiger partial charge in [-0.1, -0.05) is 11.8 Å². The number of thioether (sulfide) groups is 1. The Morgan fingerprint density at radius 1 is 1.44 bits per heavy atom. The maximum atomic E-state index is 4.41. The standard InChI is InChI=1S/C10H16N4S.ClH/c1-15-10-12-7-4-9(14-10)13-8-2-5-11-6-3-8;/h4,7-8,11H,2-3,5-6H2,1H3,(H,12,13,14);1H. The van der Waals surface area contributed by atoms with E-state index in [0.717, 1.165) is 24.1 Å². The number of halogens is 1. The van der Waals surface area contributed by atoms with Crippen LogP contribution in [0.4, 0.5) is 5.82 Å². The molecule has 1 aromatic heterocycles. The summed E-state index contributed by atoms with van der Waals surface area (Å²) < 4.78 is 0. The van der Waals surface area contributed by atoms with Gasteiger partial charge in [-0.15, -0.1) is 12.4 Å². The van der Waals surface area contributed by atoms with Crippen LogP contribution in [0, 0.1) is 0 Å². The number of hydrogen-bond donors (Lipinski definition) is 2. The quantitative estimate of drug-likeness (QED) is 0.641. The van der Waals surface area contributed by atoms with Crippen LogP contribution in [0.2, 0.25) is 0 Å². The first-order valence-electron chi connectivity index (χ1n) is 5.23. The van der Waals surface area contributed by atoms with Gasteiger partial charge in [0, 0.05) is 12.2 Å². The Bertz CT molecular complexity index is 317. The second kappa shape index (κ2) is 6.93. The summed E-state index contributed by atoms with van der Waals surface area (Å²) in [5.74, 6) is 0.946. The van der Waals surface area contributed by atoms with Gasteiger partial charge in [-0.2, -0.15) is 0 Å². The van der Waals surface area contributed by atoms with Crippen molar-refractivity contribution in [2.45, 2.75) is 24.0 Å². The number of piperidine rings is 1. The first-order chi connectivity index (χ1) is 7.38. The van der Waals surface area contributed by atoms with Gasteiger partial charge in [-0.25, -0.2) is 9.97 Å². The highest BCUT2D eigenvalue weighted by molar-refractivity contribution is 7.98. The van der Waals surface area contributed by atoms with Gasteiger partial charge in [0.1, 0.15) is 5.82 Å². The summed E-state index contributed by atoms with van der Waals surface area (Å²) in [6.07, 6.45) is 6.13. The average molecular weight is 261 g/mol. The molecule has 0 radical (unpaired) electrons. The van der Waals surface area contributed by atoms with E-state index in [0.29, 0.717) is 6.04 Å². The molecule has 90 valence electrons. The normalized spacial score (nSPS) is 16.6. The highest BCUT2D eigenvalue weighted by atomic mass is 35.5. The Hall–Kier alpha value is -0.520. The van der Waals surface area contributed by atoms with Crippen LogP contribution in [0.1, 0.15) is 12.8 Å². The fourth-order valence-electron chi connectivity index (χ4n) is 1.69. The molecule has 1 aromatic rings. The molecule has 0 spiro atoms. The third kappa shape index (κ3) is 3.81. The van der Waals surface area contributed by atoms with Gasteiger partial charge in [0.15, 0.2) is 5.16 Å². The van der Waals surface area contributed by atoms with E-state index in [2.05, 4.69) is 20.6 Å². The van der Waals surface area contributed by atoms with Crippen LogP contribution in [0.15, 0.2) is 17.4 Å². The first-order valence-corrected chi connectivity index (χ1v) is 6.45. The zero-order chi connectivity index (χ0) is 10.5. The lowest BCUT2D eigenvalue weighted by molar-refractivity contribution is 0.478. The molecule has 4 nitrogen and oxygen atoms in total. The summed E-state index contributed by atoms with van der Waals surface area (Å²) in [5.41, 5.74) is 0. The number of anilines is 1. The molecule has 0 atom stereocenters. The van der Waals surface area contributed by atoms with Crippen molar-refractivity contribution in [3.63, 3.8) is 0 Å². The van der Waals surface area contributed by atoms with Crippen LogP contribution < -0.4 is 10.6 Å². The zero-order valence-corrected chi connectivity index (χ0v) is 10.9. The van der Waals surface area contributed by atoms with E-state index in [4.69, 9.17) is 0 Å². The number of rotatable bonds is 3. The third-order valence-corrected chi connectivity index (χ3v) is 3.07. The van der Waals surface area contributed by atoms with Crippen molar-refractivity contribution < 1.29 is 0 Å². The molecule has 0 amide bonds. The van der Waals surface area contributed by atoms with E-state index in [1.54, 1.807) is 11.8 Å². The maximum Gasteiger partial charge on any atom is 0.189 e. The molecule has 1 aliphatic rings. The number of hydrogen-bond acceptors (Lipinski definition) is 5. The molecule has 0 saturated carbocycles. The van der Waals surface area contributed by atoms with E-state index >= 15 is 0 Å². The van der Waals surface area contributed by atoms with Crippen LogP contribution in [-0.2, 0) is 0 Å². The summed E-state index contributed by atoms with van der Waals surface area (Å²) in [7, 11) is 0. The van der Waals surface area contributed by atoms with Crippen molar-refractivity contribution in [2.75, 3.05) is 24.7 Å². The summed E-state index contributed by atoms with van der Waals surface area (Å²) in [6, 6.07) is 2.48. The Labute approximate surface area is 106 Å².